The highest BCUT2D eigenvalue weighted by Gasteiger charge is 2.11. The molecule has 0 aliphatic heterocycles. The fourth-order valence-corrected chi connectivity index (χ4v) is 3.09. The molecule has 0 unspecified atom stereocenters. The fourth-order valence-electron chi connectivity index (χ4n) is 3.09. The standard InChI is InChI=1S/C25H20FN5O2/c26-21-13-11-19(12-14-21)25(33)27-16-23(32)29-28-15-20-17-31(22-9-5-2-6-10-22)30-24(20)18-7-3-1-4-8-18/h1-15,17H,16H2,(H,27,33)(H,29,32)/b28-15-. The van der Waals surface area contributed by atoms with Gasteiger partial charge in [-0.15, -0.1) is 0 Å². The number of hydrogen-bond donors (Lipinski definition) is 2. The molecule has 0 saturated carbocycles. The molecule has 8 heteroatoms. The van der Waals surface area contributed by atoms with E-state index in [9.17, 15) is 14.0 Å². The summed E-state index contributed by atoms with van der Waals surface area (Å²) in [6, 6.07) is 24.3. The first-order valence-corrected chi connectivity index (χ1v) is 10.2. The molecule has 0 radical (unpaired) electrons. The van der Waals surface area contributed by atoms with Crippen LogP contribution in [0.15, 0.2) is 96.2 Å². The summed E-state index contributed by atoms with van der Waals surface area (Å²) in [5, 5.41) is 11.2. The van der Waals surface area contributed by atoms with Gasteiger partial charge in [0, 0.05) is 22.9 Å². The second-order valence-corrected chi connectivity index (χ2v) is 7.06. The largest absolute Gasteiger partial charge is 0.343 e. The van der Waals surface area contributed by atoms with Gasteiger partial charge in [0.1, 0.15) is 11.5 Å². The molecule has 4 rings (SSSR count). The Labute approximate surface area is 189 Å². The summed E-state index contributed by atoms with van der Waals surface area (Å²) in [5.74, 6) is -1.42. The summed E-state index contributed by atoms with van der Waals surface area (Å²) >= 11 is 0. The zero-order valence-electron chi connectivity index (χ0n) is 17.5. The number of carbonyl (C=O) groups excluding carboxylic acids is 2. The molecular weight excluding hydrogens is 421 g/mol. The minimum absolute atomic E-state index is 0.258. The Kier molecular flexibility index (Phi) is 6.65. The number of rotatable bonds is 7. The van der Waals surface area contributed by atoms with E-state index in [0.29, 0.717) is 11.3 Å². The van der Waals surface area contributed by atoms with E-state index >= 15 is 0 Å². The number of aromatic nitrogens is 2. The van der Waals surface area contributed by atoms with Crippen molar-refractivity contribution in [1.29, 1.82) is 0 Å². The lowest BCUT2D eigenvalue weighted by Crippen LogP contribution is -2.34. The van der Waals surface area contributed by atoms with Crippen molar-refractivity contribution < 1.29 is 14.0 Å². The van der Waals surface area contributed by atoms with Crippen LogP contribution in [0, 0.1) is 5.82 Å². The second-order valence-electron chi connectivity index (χ2n) is 7.06. The van der Waals surface area contributed by atoms with Crippen LogP contribution >= 0.6 is 0 Å². The highest BCUT2D eigenvalue weighted by Crippen LogP contribution is 2.22. The summed E-state index contributed by atoms with van der Waals surface area (Å²) in [6.45, 7) is -0.275. The Morgan fingerprint density at radius 3 is 2.30 bits per heavy atom. The lowest BCUT2D eigenvalue weighted by Gasteiger charge is -2.04. The molecule has 4 aromatic rings. The van der Waals surface area contributed by atoms with Crippen molar-refractivity contribution in [2.75, 3.05) is 6.54 Å². The van der Waals surface area contributed by atoms with Crippen LogP contribution in [0.25, 0.3) is 16.9 Å². The van der Waals surface area contributed by atoms with Crippen molar-refractivity contribution in [3.63, 3.8) is 0 Å². The summed E-state index contributed by atoms with van der Waals surface area (Å²) < 4.78 is 14.7. The normalized spacial score (nSPS) is 10.8. The van der Waals surface area contributed by atoms with Gasteiger partial charge in [-0.2, -0.15) is 10.2 Å². The number of para-hydroxylation sites is 1. The number of halogens is 1. The van der Waals surface area contributed by atoms with Crippen molar-refractivity contribution in [3.05, 3.63) is 108 Å². The average Bonchev–Trinajstić information content (AvgIpc) is 3.28. The first-order valence-electron chi connectivity index (χ1n) is 10.2. The Bertz CT molecular complexity index is 1270. The number of amides is 2. The predicted octanol–water partition coefficient (Wildman–Crippen LogP) is 3.56. The number of hydrogen-bond acceptors (Lipinski definition) is 4. The van der Waals surface area contributed by atoms with Crippen LogP contribution in [-0.4, -0.2) is 34.4 Å². The number of benzene rings is 3. The minimum atomic E-state index is -0.501. The quantitative estimate of drug-likeness (QED) is 0.340. The Morgan fingerprint density at radius 2 is 1.61 bits per heavy atom. The predicted molar refractivity (Wildman–Crippen MR) is 123 cm³/mol. The SMILES string of the molecule is O=C(CNC(=O)c1ccc(F)cc1)N/N=C\c1cn(-c2ccccc2)nc1-c1ccccc1. The van der Waals surface area contributed by atoms with Gasteiger partial charge in [-0.3, -0.25) is 9.59 Å². The molecule has 2 amide bonds. The molecule has 3 aromatic carbocycles. The molecule has 164 valence electrons. The maximum atomic E-state index is 13.0. The van der Waals surface area contributed by atoms with Crippen LogP contribution in [0.5, 0.6) is 0 Å². The van der Waals surface area contributed by atoms with Crippen LogP contribution < -0.4 is 10.7 Å². The van der Waals surface area contributed by atoms with E-state index in [-0.39, 0.29) is 12.1 Å². The smallest absolute Gasteiger partial charge is 0.259 e. The number of hydrazone groups is 1. The van der Waals surface area contributed by atoms with E-state index in [0.717, 1.165) is 11.3 Å². The van der Waals surface area contributed by atoms with Crippen molar-refractivity contribution in [1.82, 2.24) is 20.5 Å². The number of nitrogens with zero attached hydrogens (tertiary/aromatic N) is 3. The van der Waals surface area contributed by atoms with Crippen molar-refractivity contribution in [3.8, 4) is 16.9 Å². The molecule has 0 aliphatic rings. The van der Waals surface area contributed by atoms with Crippen molar-refractivity contribution in [2.24, 2.45) is 5.10 Å². The Balaban J connectivity index is 1.43. The maximum Gasteiger partial charge on any atom is 0.259 e. The molecule has 0 bridgehead atoms. The van der Waals surface area contributed by atoms with Crippen LogP contribution in [0.1, 0.15) is 15.9 Å². The van der Waals surface area contributed by atoms with Crippen LogP contribution in [0.4, 0.5) is 4.39 Å². The molecule has 0 aliphatic carbocycles. The zero-order valence-corrected chi connectivity index (χ0v) is 17.5. The first kappa shape index (κ1) is 21.6. The fraction of sp³-hybridized carbons (Fsp3) is 0.0400. The van der Waals surface area contributed by atoms with Gasteiger partial charge in [0.2, 0.25) is 0 Å². The van der Waals surface area contributed by atoms with Gasteiger partial charge in [0.05, 0.1) is 18.4 Å². The molecule has 0 fully saturated rings. The van der Waals surface area contributed by atoms with Crippen LogP contribution in [-0.2, 0) is 4.79 Å². The third-order valence-electron chi connectivity index (χ3n) is 4.72. The van der Waals surface area contributed by atoms with Crippen LogP contribution in [0.2, 0.25) is 0 Å². The lowest BCUT2D eigenvalue weighted by molar-refractivity contribution is -0.120. The first-order chi connectivity index (χ1) is 16.1. The van der Waals surface area contributed by atoms with E-state index in [4.69, 9.17) is 0 Å². The molecule has 1 aromatic heterocycles. The van der Waals surface area contributed by atoms with Gasteiger partial charge in [-0.05, 0) is 36.4 Å². The monoisotopic (exact) mass is 441 g/mol. The molecule has 2 N–H and O–H groups in total. The Hall–Kier alpha value is -4.59. The van der Waals surface area contributed by atoms with Gasteiger partial charge in [-0.1, -0.05) is 48.5 Å². The molecule has 7 nitrogen and oxygen atoms in total. The zero-order chi connectivity index (χ0) is 23.0. The van der Waals surface area contributed by atoms with Gasteiger partial charge < -0.3 is 5.32 Å². The minimum Gasteiger partial charge on any atom is -0.343 e. The molecule has 0 saturated heterocycles. The van der Waals surface area contributed by atoms with Gasteiger partial charge >= 0.3 is 0 Å². The summed E-state index contributed by atoms with van der Waals surface area (Å²) in [5.41, 5.74) is 5.87. The third-order valence-corrected chi connectivity index (χ3v) is 4.72. The summed E-state index contributed by atoms with van der Waals surface area (Å²) in [7, 11) is 0. The number of nitrogens with one attached hydrogen (secondary N) is 2. The lowest BCUT2D eigenvalue weighted by atomic mass is 10.1. The Morgan fingerprint density at radius 1 is 0.939 bits per heavy atom. The topological polar surface area (TPSA) is 88.4 Å². The molecule has 1 heterocycles. The van der Waals surface area contributed by atoms with Crippen LogP contribution in [0.3, 0.4) is 0 Å². The highest BCUT2D eigenvalue weighted by atomic mass is 19.1. The third kappa shape index (κ3) is 5.56. The summed E-state index contributed by atoms with van der Waals surface area (Å²) in [6.07, 6.45) is 3.33. The van der Waals surface area contributed by atoms with E-state index < -0.39 is 17.6 Å². The van der Waals surface area contributed by atoms with Crippen molar-refractivity contribution >= 4 is 18.0 Å². The maximum absolute atomic E-state index is 13.0. The molecule has 0 spiro atoms. The average molecular weight is 441 g/mol. The van der Waals surface area contributed by atoms with E-state index in [2.05, 4.69) is 20.9 Å². The highest BCUT2D eigenvalue weighted by molar-refractivity contribution is 5.96. The van der Waals surface area contributed by atoms with E-state index in [1.165, 1.54) is 30.5 Å². The summed E-state index contributed by atoms with van der Waals surface area (Å²) in [4.78, 5) is 24.1. The second kappa shape index (κ2) is 10.1. The van der Waals surface area contributed by atoms with E-state index in [1.54, 1.807) is 4.68 Å². The molecule has 33 heavy (non-hydrogen) atoms. The van der Waals surface area contributed by atoms with Gasteiger partial charge in [0.15, 0.2) is 0 Å². The van der Waals surface area contributed by atoms with E-state index in [1.807, 2.05) is 66.9 Å². The molecule has 0 atom stereocenters. The van der Waals surface area contributed by atoms with Crippen molar-refractivity contribution in [2.45, 2.75) is 0 Å². The van der Waals surface area contributed by atoms with Gasteiger partial charge in [-0.25, -0.2) is 14.5 Å². The molecular formula is C25H20FN5O2. The van der Waals surface area contributed by atoms with Gasteiger partial charge in [0.25, 0.3) is 11.8 Å². The number of carbonyl (C=O) groups is 2.